The van der Waals surface area contributed by atoms with Crippen molar-refractivity contribution >= 4 is 18.1 Å². The highest BCUT2D eigenvalue weighted by Gasteiger charge is 2.28. The average Bonchev–Trinajstić information content (AvgIpc) is 3.07. The van der Waals surface area contributed by atoms with Crippen LogP contribution in [-0.2, 0) is 19.1 Å². The molecule has 18 heavy (non-hydrogen) atoms. The molecule has 1 saturated heterocycles. The van der Waals surface area contributed by atoms with Crippen LogP contribution in [0.25, 0.3) is 0 Å². The average molecular weight is 250 g/mol. The van der Waals surface area contributed by atoms with Gasteiger partial charge in [-0.1, -0.05) is 12.1 Å². The van der Waals surface area contributed by atoms with Gasteiger partial charge in [-0.15, -0.1) is 0 Å². The van der Waals surface area contributed by atoms with Crippen molar-refractivity contribution in [2.45, 2.75) is 13.0 Å². The van der Waals surface area contributed by atoms with Crippen LogP contribution in [0, 0.1) is 0 Å². The van der Waals surface area contributed by atoms with Crippen LogP contribution in [0.5, 0.6) is 0 Å². The van der Waals surface area contributed by atoms with E-state index in [-0.39, 0.29) is 6.15 Å². The van der Waals surface area contributed by atoms with Gasteiger partial charge >= 0.3 is 18.1 Å². The third-order valence-corrected chi connectivity index (χ3v) is 2.05. The minimum Gasteiger partial charge on any atom is -0.386 e. The van der Waals surface area contributed by atoms with Gasteiger partial charge in [-0.3, -0.25) is 0 Å². The lowest BCUT2D eigenvalue weighted by Crippen LogP contribution is -1.96. The van der Waals surface area contributed by atoms with Gasteiger partial charge in [0.1, 0.15) is 0 Å². The maximum Gasteiger partial charge on any atom is 0.373 e. The van der Waals surface area contributed by atoms with E-state index in [1.54, 1.807) is 24.3 Å². The first-order chi connectivity index (χ1) is 8.60. The molecule has 1 fully saturated rings. The van der Waals surface area contributed by atoms with E-state index in [0.717, 1.165) is 6.61 Å². The van der Waals surface area contributed by atoms with E-state index in [1.165, 1.54) is 0 Å². The summed E-state index contributed by atoms with van der Waals surface area (Å²) in [7, 11) is 0. The molecule has 2 heterocycles. The molecular weight excluding hydrogens is 240 g/mol. The van der Waals surface area contributed by atoms with Crippen LogP contribution in [0.1, 0.15) is 27.6 Å². The Morgan fingerprint density at radius 2 is 1.44 bits per heavy atom. The van der Waals surface area contributed by atoms with E-state index in [0.29, 0.717) is 17.2 Å². The lowest BCUT2D eigenvalue weighted by Gasteiger charge is -1.86. The molecule has 0 spiro atoms. The highest BCUT2D eigenvalue weighted by Crippen LogP contribution is 2.18. The molecule has 1 aromatic carbocycles. The summed E-state index contributed by atoms with van der Waals surface area (Å²) >= 11 is 0. The smallest absolute Gasteiger partial charge is 0.373 e. The van der Waals surface area contributed by atoms with Crippen LogP contribution in [0.15, 0.2) is 24.3 Å². The molecule has 1 aromatic rings. The number of carbonyl (C=O) groups excluding carboxylic acids is 4. The Balaban J connectivity index is 0.000000192. The van der Waals surface area contributed by atoms with E-state index in [1.807, 2.05) is 0 Å². The molecule has 6 nitrogen and oxygen atoms in total. The maximum absolute atomic E-state index is 10.8. The van der Waals surface area contributed by atoms with Gasteiger partial charge in [0.2, 0.25) is 0 Å². The SMILES string of the molecule is CC1CO1.O=C1OC(=O)c2ccccc21.O=C=O. The van der Waals surface area contributed by atoms with Gasteiger partial charge in [-0.05, 0) is 19.1 Å². The number of rotatable bonds is 0. The summed E-state index contributed by atoms with van der Waals surface area (Å²) < 4.78 is 9.06. The Morgan fingerprint density at radius 3 is 1.72 bits per heavy atom. The first kappa shape index (κ1) is 13.8. The molecule has 1 atom stereocenters. The van der Waals surface area contributed by atoms with Crippen molar-refractivity contribution < 1.29 is 28.7 Å². The Bertz CT molecular complexity index is 450. The van der Waals surface area contributed by atoms with Crippen molar-refractivity contribution in [1.82, 2.24) is 0 Å². The lowest BCUT2D eigenvalue weighted by atomic mass is 10.1. The Morgan fingerprint density at radius 1 is 1.11 bits per heavy atom. The standard InChI is InChI=1S/C8H4O3.C3H6O.CO2/c9-7-5-3-1-2-4-6(5)8(10)11-7;1-3-2-4-3;2-1-3/h1-4H;3H,2H2,1H3;. The summed E-state index contributed by atoms with van der Waals surface area (Å²) in [5, 5.41) is 0. The summed E-state index contributed by atoms with van der Waals surface area (Å²) in [6.45, 7) is 3.04. The molecular formula is C12H10O6. The first-order valence-electron chi connectivity index (χ1n) is 5.06. The number of hydrogen-bond donors (Lipinski definition) is 0. The highest BCUT2D eigenvalue weighted by atomic mass is 16.6. The number of hydrogen-bond acceptors (Lipinski definition) is 6. The van der Waals surface area contributed by atoms with Gasteiger partial charge < -0.3 is 9.47 Å². The van der Waals surface area contributed by atoms with Crippen LogP contribution < -0.4 is 0 Å². The minimum absolute atomic E-state index is 0.250. The number of esters is 2. The van der Waals surface area contributed by atoms with Crippen LogP contribution in [0.3, 0.4) is 0 Å². The molecule has 2 aliphatic rings. The molecule has 1 unspecified atom stereocenters. The van der Waals surface area contributed by atoms with Crippen molar-refractivity contribution in [3.63, 3.8) is 0 Å². The van der Waals surface area contributed by atoms with Crippen molar-refractivity contribution in [2.75, 3.05) is 6.61 Å². The van der Waals surface area contributed by atoms with Crippen LogP contribution in [0.2, 0.25) is 0 Å². The third kappa shape index (κ3) is 3.93. The summed E-state index contributed by atoms with van der Waals surface area (Å²) in [6.07, 6.45) is 0.833. The van der Waals surface area contributed by atoms with E-state index in [4.69, 9.17) is 14.3 Å². The Labute approximate surface area is 102 Å². The Hall–Kier alpha value is -2.30. The van der Waals surface area contributed by atoms with Gasteiger partial charge in [0.15, 0.2) is 0 Å². The minimum atomic E-state index is -0.550. The predicted octanol–water partition coefficient (Wildman–Crippen LogP) is 0.819. The number of carbonyl (C=O) groups is 2. The molecule has 0 aliphatic carbocycles. The highest BCUT2D eigenvalue weighted by molar-refractivity contribution is 6.14. The largest absolute Gasteiger partial charge is 0.386 e. The van der Waals surface area contributed by atoms with Crippen molar-refractivity contribution in [2.24, 2.45) is 0 Å². The van der Waals surface area contributed by atoms with Crippen molar-refractivity contribution in [3.8, 4) is 0 Å². The van der Waals surface area contributed by atoms with Gasteiger partial charge in [0, 0.05) is 0 Å². The van der Waals surface area contributed by atoms with Gasteiger partial charge in [-0.2, -0.15) is 9.59 Å². The lowest BCUT2D eigenvalue weighted by molar-refractivity contribution is -0.191. The number of epoxide rings is 1. The van der Waals surface area contributed by atoms with Gasteiger partial charge in [0.05, 0.1) is 23.8 Å². The molecule has 2 aliphatic heterocycles. The second-order valence-corrected chi connectivity index (χ2v) is 3.45. The molecule has 0 amide bonds. The van der Waals surface area contributed by atoms with Crippen molar-refractivity contribution in [3.05, 3.63) is 35.4 Å². The summed E-state index contributed by atoms with van der Waals surface area (Å²) in [5.41, 5.74) is 0.718. The van der Waals surface area contributed by atoms with Gasteiger partial charge in [-0.25, -0.2) is 9.59 Å². The molecule has 0 saturated carbocycles. The Kier molecular flexibility index (Phi) is 4.92. The number of ether oxygens (including phenoxy) is 2. The van der Waals surface area contributed by atoms with Gasteiger partial charge in [0.25, 0.3) is 0 Å². The zero-order valence-electron chi connectivity index (χ0n) is 9.54. The van der Waals surface area contributed by atoms with Crippen LogP contribution >= 0.6 is 0 Å². The molecule has 0 aromatic heterocycles. The first-order valence-corrected chi connectivity index (χ1v) is 5.06. The number of cyclic esters (lactones) is 2. The maximum atomic E-state index is 10.8. The second kappa shape index (κ2) is 6.44. The number of fused-ring (bicyclic) bond motifs is 1. The predicted molar refractivity (Wildman–Crippen MR) is 56.6 cm³/mol. The van der Waals surface area contributed by atoms with E-state index in [2.05, 4.69) is 11.7 Å². The fourth-order valence-corrected chi connectivity index (χ4v) is 1.13. The fourth-order valence-electron chi connectivity index (χ4n) is 1.13. The molecule has 94 valence electrons. The molecule has 3 rings (SSSR count). The normalized spacial score (nSPS) is 18.2. The second-order valence-electron chi connectivity index (χ2n) is 3.45. The zero-order valence-corrected chi connectivity index (χ0v) is 9.54. The van der Waals surface area contributed by atoms with Crippen molar-refractivity contribution in [1.29, 1.82) is 0 Å². The fraction of sp³-hybridized carbons (Fsp3) is 0.250. The zero-order chi connectivity index (χ0) is 13.5. The molecule has 0 radical (unpaired) electrons. The van der Waals surface area contributed by atoms with Crippen LogP contribution in [-0.4, -0.2) is 30.8 Å². The van der Waals surface area contributed by atoms with E-state index < -0.39 is 11.9 Å². The third-order valence-electron chi connectivity index (χ3n) is 2.05. The van der Waals surface area contributed by atoms with Crippen LogP contribution in [0.4, 0.5) is 0 Å². The summed E-state index contributed by atoms with van der Waals surface area (Å²) in [4.78, 5) is 37.9. The van der Waals surface area contributed by atoms with E-state index >= 15 is 0 Å². The molecule has 6 heteroatoms. The molecule has 0 bridgehead atoms. The topological polar surface area (TPSA) is 90.0 Å². The monoisotopic (exact) mass is 250 g/mol. The molecule has 0 N–H and O–H groups in total. The number of benzene rings is 1. The summed E-state index contributed by atoms with van der Waals surface area (Å²) in [6, 6.07) is 6.53. The van der Waals surface area contributed by atoms with E-state index in [9.17, 15) is 9.59 Å². The quantitative estimate of drug-likeness (QED) is 0.384. The summed E-state index contributed by atoms with van der Waals surface area (Å²) in [5.74, 6) is -1.10.